The van der Waals surface area contributed by atoms with Crippen molar-refractivity contribution >= 4 is 28.4 Å². The fraction of sp³-hybridized carbons (Fsp3) is 0.0625. The molecular weight excluding hydrogens is 428 g/mol. The number of para-hydroxylation sites is 1. The highest BCUT2D eigenvalue weighted by Gasteiger charge is 2.14. The molecule has 0 aliphatic carbocycles. The monoisotopic (exact) mass is 456 g/mol. The third-order valence-electron chi connectivity index (χ3n) is 6.16. The Morgan fingerprint density at radius 2 is 1.00 bits per heavy atom. The van der Waals surface area contributed by atoms with E-state index in [1.54, 1.807) is 7.11 Å². The van der Waals surface area contributed by atoms with Crippen LogP contribution in [0.2, 0.25) is 0 Å². The van der Waals surface area contributed by atoms with Gasteiger partial charge in [0.15, 0.2) is 0 Å². The standard InChI is InChI=1S/C32H28N2O/c1-33(30-16-10-18-32(24-30)35-2)27-19-21-29(22-20-27)34(28-14-7-4-8-15-28)31-17-9-13-26(23-31)25-11-5-3-6-12-25/h3-24H,1-2H3. The summed E-state index contributed by atoms with van der Waals surface area (Å²) in [5.74, 6) is 0.847. The lowest BCUT2D eigenvalue weighted by atomic mass is 10.0. The molecule has 0 aromatic heterocycles. The van der Waals surface area contributed by atoms with Gasteiger partial charge in [-0.25, -0.2) is 0 Å². The molecule has 0 aliphatic rings. The van der Waals surface area contributed by atoms with Crippen LogP contribution in [-0.2, 0) is 0 Å². The number of hydrogen-bond donors (Lipinski definition) is 0. The van der Waals surface area contributed by atoms with Crippen LogP contribution in [0.5, 0.6) is 5.75 Å². The summed E-state index contributed by atoms with van der Waals surface area (Å²) in [6.45, 7) is 0. The summed E-state index contributed by atoms with van der Waals surface area (Å²) >= 11 is 0. The number of hydrogen-bond acceptors (Lipinski definition) is 3. The quantitative estimate of drug-likeness (QED) is 0.244. The predicted molar refractivity (Wildman–Crippen MR) is 148 cm³/mol. The van der Waals surface area contributed by atoms with E-state index < -0.39 is 0 Å². The van der Waals surface area contributed by atoms with Gasteiger partial charge < -0.3 is 14.5 Å². The van der Waals surface area contributed by atoms with Crippen LogP contribution in [0.4, 0.5) is 28.4 Å². The molecule has 172 valence electrons. The normalized spacial score (nSPS) is 10.6. The molecule has 0 bridgehead atoms. The summed E-state index contributed by atoms with van der Waals surface area (Å²) in [5.41, 5.74) is 7.92. The fourth-order valence-corrected chi connectivity index (χ4v) is 4.27. The summed E-state index contributed by atoms with van der Waals surface area (Å²) in [7, 11) is 3.76. The van der Waals surface area contributed by atoms with Crippen molar-refractivity contribution in [2.24, 2.45) is 0 Å². The van der Waals surface area contributed by atoms with Crippen LogP contribution >= 0.6 is 0 Å². The highest BCUT2D eigenvalue weighted by molar-refractivity contribution is 5.80. The van der Waals surface area contributed by atoms with E-state index in [4.69, 9.17) is 4.74 Å². The van der Waals surface area contributed by atoms with Gasteiger partial charge in [-0.1, -0.05) is 66.7 Å². The smallest absolute Gasteiger partial charge is 0.120 e. The number of anilines is 5. The lowest BCUT2D eigenvalue weighted by molar-refractivity contribution is 0.415. The highest BCUT2D eigenvalue weighted by Crippen LogP contribution is 2.37. The highest BCUT2D eigenvalue weighted by atomic mass is 16.5. The molecule has 0 aliphatic heterocycles. The van der Waals surface area contributed by atoms with E-state index >= 15 is 0 Å². The van der Waals surface area contributed by atoms with E-state index in [1.165, 1.54) is 11.1 Å². The van der Waals surface area contributed by atoms with Crippen LogP contribution in [0.15, 0.2) is 133 Å². The minimum Gasteiger partial charge on any atom is -0.497 e. The van der Waals surface area contributed by atoms with Gasteiger partial charge in [-0.15, -0.1) is 0 Å². The third kappa shape index (κ3) is 4.90. The number of ether oxygens (including phenoxy) is 1. The van der Waals surface area contributed by atoms with Crippen molar-refractivity contribution in [1.82, 2.24) is 0 Å². The van der Waals surface area contributed by atoms with Crippen molar-refractivity contribution in [2.45, 2.75) is 0 Å². The second kappa shape index (κ2) is 10.2. The van der Waals surface area contributed by atoms with Gasteiger partial charge in [0.05, 0.1) is 7.11 Å². The molecule has 0 saturated heterocycles. The first-order valence-electron chi connectivity index (χ1n) is 11.7. The van der Waals surface area contributed by atoms with Crippen molar-refractivity contribution in [3.63, 3.8) is 0 Å². The Labute approximate surface area is 207 Å². The van der Waals surface area contributed by atoms with Crippen LogP contribution in [0.1, 0.15) is 0 Å². The molecule has 5 rings (SSSR count). The van der Waals surface area contributed by atoms with Gasteiger partial charge in [-0.2, -0.15) is 0 Å². The summed E-state index contributed by atoms with van der Waals surface area (Å²) in [5, 5.41) is 0. The van der Waals surface area contributed by atoms with E-state index in [-0.39, 0.29) is 0 Å². The van der Waals surface area contributed by atoms with Crippen LogP contribution in [-0.4, -0.2) is 14.2 Å². The minimum absolute atomic E-state index is 0.847. The second-order valence-electron chi connectivity index (χ2n) is 8.36. The molecule has 0 unspecified atom stereocenters. The van der Waals surface area contributed by atoms with Gasteiger partial charge in [0.2, 0.25) is 0 Å². The number of methoxy groups -OCH3 is 1. The van der Waals surface area contributed by atoms with E-state index in [9.17, 15) is 0 Å². The Morgan fingerprint density at radius 1 is 0.457 bits per heavy atom. The first kappa shape index (κ1) is 22.3. The van der Waals surface area contributed by atoms with E-state index in [0.29, 0.717) is 0 Å². The summed E-state index contributed by atoms with van der Waals surface area (Å²) in [4.78, 5) is 4.46. The Balaban J connectivity index is 1.51. The molecule has 5 aromatic rings. The average Bonchev–Trinajstić information content (AvgIpc) is 2.94. The fourth-order valence-electron chi connectivity index (χ4n) is 4.27. The number of rotatable bonds is 7. The average molecular weight is 457 g/mol. The molecule has 0 radical (unpaired) electrons. The maximum atomic E-state index is 5.40. The van der Waals surface area contributed by atoms with E-state index in [2.05, 4.69) is 120 Å². The lowest BCUT2D eigenvalue weighted by Crippen LogP contribution is -2.12. The maximum Gasteiger partial charge on any atom is 0.120 e. The molecule has 0 spiro atoms. The zero-order valence-electron chi connectivity index (χ0n) is 20.0. The molecule has 0 heterocycles. The molecule has 5 aromatic carbocycles. The minimum atomic E-state index is 0.847. The van der Waals surface area contributed by atoms with Crippen molar-refractivity contribution in [1.29, 1.82) is 0 Å². The molecule has 0 amide bonds. The molecule has 0 N–H and O–H groups in total. The van der Waals surface area contributed by atoms with E-state index in [0.717, 1.165) is 34.2 Å². The van der Waals surface area contributed by atoms with Gasteiger partial charge in [-0.05, 0) is 71.8 Å². The topological polar surface area (TPSA) is 15.7 Å². The van der Waals surface area contributed by atoms with Gasteiger partial charge in [-0.3, -0.25) is 0 Å². The predicted octanol–water partition coefficient (Wildman–Crippen LogP) is 8.60. The van der Waals surface area contributed by atoms with Crippen molar-refractivity contribution in [3.05, 3.63) is 133 Å². The van der Waals surface area contributed by atoms with Gasteiger partial charge in [0.1, 0.15) is 5.75 Å². The Kier molecular flexibility index (Phi) is 6.49. The molecular formula is C32H28N2O. The molecule has 0 atom stereocenters. The van der Waals surface area contributed by atoms with E-state index in [1.807, 2.05) is 30.3 Å². The largest absolute Gasteiger partial charge is 0.497 e. The Morgan fingerprint density at radius 3 is 1.71 bits per heavy atom. The lowest BCUT2D eigenvalue weighted by Gasteiger charge is -2.27. The Bertz CT molecular complexity index is 1380. The zero-order valence-corrected chi connectivity index (χ0v) is 20.0. The number of benzene rings is 5. The molecule has 35 heavy (non-hydrogen) atoms. The summed E-state index contributed by atoms with van der Waals surface area (Å²) < 4.78 is 5.40. The van der Waals surface area contributed by atoms with Crippen molar-refractivity contribution in [2.75, 3.05) is 24.0 Å². The first-order valence-corrected chi connectivity index (χ1v) is 11.7. The summed E-state index contributed by atoms with van der Waals surface area (Å²) in [6.07, 6.45) is 0. The summed E-state index contributed by atoms with van der Waals surface area (Å²) in [6, 6.07) is 46.5. The maximum absolute atomic E-state index is 5.40. The van der Waals surface area contributed by atoms with Gasteiger partial charge in [0, 0.05) is 41.6 Å². The molecule has 3 heteroatoms. The number of nitrogens with zero attached hydrogens (tertiary/aromatic N) is 2. The van der Waals surface area contributed by atoms with Crippen LogP contribution in [0, 0.1) is 0 Å². The molecule has 3 nitrogen and oxygen atoms in total. The van der Waals surface area contributed by atoms with Gasteiger partial charge >= 0.3 is 0 Å². The molecule has 0 fully saturated rings. The third-order valence-corrected chi connectivity index (χ3v) is 6.16. The van der Waals surface area contributed by atoms with Crippen LogP contribution in [0.25, 0.3) is 11.1 Å². The zero-order chi connectivity index (χ0) is 24.0. The van der Waals surface area contributed by atoms with Crippen LogP contribution in [0.3, 0.4) is 0 Å². The van der Waals surface area contributed by atoms with Crippen molar-refractivity contribution < 1.29 is 4.74 Å². The van der Waals surface area contributed by atoms with Gasteiger partial charge in [0.25, 0.3) is 0 Å². The first-order chi connectivity index (χ1) is 17.2. The van der Waals surface area contributed by atoms with Crippen molar-refractivity contribution in [3.8, 4) is 16.9 Å². The van der Waals surface area contributed by atoms with Crippen LogP contribution < -0.4 is 14.5 Å². The molecule has 0 saturated carbocycles. The second-order valence-corrected chi connectivity index (χ2v) is 8.36. The Hall–Kier alpha value is -4.50. The SMILES string of the molecule is COc1cccc(N(C)c2ccc(N(c3ccccc3)c3cccc(-c4ccccc4)c3)cc2)c1.